The molecule has 3 rings (SSSR count). The van der Waals surface area contributed by atoms with Crippen LogP contribution in [0.1, 0.15) is 56.4 Å². The van der Waals surface area contributed by atoms with Crippen LogP contribution in [-0.4, -0.2) is 57.3 Å². The van der Waals surface area contributed by atoms with Crippen molar-refractivity contribution < 1.29 is 19.1 Å². The van der Waals surface area contributed by atoms with Gasteiger partial charge in [0.1, 0.15) is 17.9 Å². The maximum atomic E-state index is 13.2. The second kappa shape index (κ2) is 7.62. The Morgan fingerprint density at radius 3 is 2.59 bits per heavy atom. The first-order chi connectivity index (χ1) is 13.6. The van der Waals surface area contributed by atoms with Crippen molar-refractivity contribution in [2.75, 3.05) is 20.3 Å². The van der Waals surface area contributed by atoms with Crippen LogP contribution in [0.5, 0.6) is 0 Å². The summed E-state index contributed by atoms with van der Waals surface area (Å²) in [6, 6.07) is 1.54. The molecule has 0 fully saturated rings. The highest BCUT2D eigenvalue weighted by Gasteiger charge is 2.37. The number of aromatic nitrogens is 3. The summed E-state index contributed by atoms with van der Waals surface area (Å²) >= 11 is 0. The van der Waals surface area contributed by atoms with E-state index >= 15 is 0 Å². The first-order valence-corrected chi connectivity index (χ1v) is 9.71. The molecule has 2 aromatic rings. The van der Waals surface area contributed by atoms with Gasteiger partial charge in [-0.15, -0.1) is 0 Å². The number of methoxy groups -OCH3 is 1. The quantitative estimate of drug-likeness (QED) is 0.675. The van der Waals surface area contributed by atoms with Gasteiger partial charge >= 0.3 is 5.97 Å². The van der Waals surface area contributed by atoms with Crippen molar-refractivity contribution in [1.82, 2.24) is 19.1 Å². The molecule has 0 saturated heterocycles. The molecule has 3 heterocycles. The minimum absolute atomic E-state index is 0.154. The van der Waals surface area contributed by atoms with E-state index in [1.54, 1.807) is 29.6 Å². The number of hydrogen-bond donors (Lipinski definition) is 0. The number of ether oxygens (including phenoxy) is 2. The highest BCUT2D eigenvalue weighted by atomic mass is 16.5. The Labute approximate surface area is 169 Å². The molecule has 0 aliphatic carbocycles. The van der Waals surface area contributed by atoms with Gasteiger partial charge in [-0.3, -0.25) is 14.4 Å². The molecule has 158 valence electrons. The second-order valence-electron chi connectivity index (χ2n) is 8.31. The van der Waals surface area contributed by atoms with Gasteiger partial charge in [-0.1, -0.05) is 20.8 Å². The topological polar surface area (TPSA) is 95.1 Å². The molecule has 0 radical (unpaired) electrons. The van der Waals surface area contributed by atoms with Crippen molar-refractivity contribution >= 4 is 17.5 Å². The van der Waals surface area contributed by atoms with Gasteiger partial charge in [0.15, 0.2) is 0 Å². The molecule has 9 heteroatoms. The van der Waals surface area contributed by atoms with E-state index < -0.39 is 5.97 Å². The van der Waals surface area contributed by atoms with E-state index in [1.165, 1.54) is 4.52 Å². The predicted molar refractivity (Wildman–Crippen MR) is 106 cm³/mol. The van der Waals surface area contributed by atoms with E-state index in [-0.39, 0.29) is 48.3 Å². The van der Waals surface area contributed by atoms with Gasteiger partial charge in [0.2, 0.25) is 0 Å². The van der Waals surface area contributed by atoms with Gasteiger partial charge < -0.3 is 18.9 Å². The Kier molecular flexibility index (Phi) is 5.53. The Bertz CT molecular complexity index is 1010. The van der Waals surface area contributed by atoms with E-state index in [0.29, 0.717) is 23.5 Å². The Balaban J connectivity index is 2.23. The summed E-state index contributed by atoms with van der Waals surface area (Å²) in [6.45, 7) is 10.1. The largest absolute Gasteiger partial charge is 0.465 e. The fraction of sp³-hybridized carbons (Fsp3) is 0.600. The molecular formula is C20H28N4O5. The summed E-state index contributed by atoms with van der Waals surface area (Å²) in [4.78, 5) is 40.2. The summed E-state index contributed by atoms with van der Waals surface area (Å²) in [5, 5.41) is 4.48. The third kappa shape index (κ3) is 3.66. The lowest BCUT2D eigenvalue weighted by Crippen LogP contribution is -2.37. The predicted octanol–water partition coefficient (Wildman–Crippen LogP) is 1.35. The number of carbonyl (C=O) groups excluding carboxylic acids is 2. The number of carbonyl (C=O) groups is 2. The molecule has 9 nitrogen and oxygen atoms in total. The molecule has 0 spiro atoms. The molecular weight excluding hydrogens is 376 g/mol. The minimum atomic E-state index is -0.477. The molecule has 1 atom stereocenters. The molecule has 1 amide bonds. The smallest absolute Gasteiger partial charge is 0.326 e. The molecule has 0 bridgehead atoms. The highest BCUT2D eigenvalue weighted by molar-refractivity contribution is 5.98. The number of fused-ring (bicyclic) bond motifs is 2. The van der Waals surface area contributed by atoms with Gasteiger partial charge in [0.05, 0.1) is 37.1 Å². The molecule has 1 aliphatic rings. The van der Waals surface area contributed by atoms with Crippen molar-refractivity contribution in [3.05, 3.63) is 33.4 Å². The van der Waals surface area contributed by atoms with E-state index in [1.807, 2.05) is 27.7 Å². The molecule has 1 aliphatic heterocycles. The normalized spacial score (nSPS) is 15.1. The maximum Gasteiger partial charge on any atom is 0.326 e. The first kappa shape index (κ1) is 21.0. The molecule has 1 unspecified atom stereocenters. The van der Waals surface area contributed by atoms with Crippen molar-refractivity contribution in [3.8, 4) is 0 Å². The fourth-order valence-corrected chi connectivity index (χ4v) is 3.53. The molecule has 0 aromatic carbocycles. The van der Waals surface area contributed by atoms with Gasteiger partial charge in [-0.05, 0) is 13.8 Å². The zero-order valence-electron chi connectivity index (χ0n) is 17.8. The minimum Gasteiger partial charge on any atom is -0.465 e. The summed E-state index contributed by atoms with van der Waals surface area (Å²) in [6.07, 6.45) is 0. The standard InChI is InChI=1S/C20H28N4O5/c1-7-29-16(25)10-23-15-8-14(20(3,4)5)21-24(15)18(26)13-9-22(12(2)11-28-6)19(27)17(13)23/h8,12H,7,9-11H2,1-6H3. The number of nitrogens with zero attached hydrogens (tertiary/aromatic N) is 4. The Hall–Kier alpha value is -2.68. The van der Waals surface area contributed by atoms with E-state index in [2.05, 4.69) is 5.10 Å². The Morgan fingerprint density at radius 1 is 1.31 bits per heavy atom. The average molecular weight is 404 g/mol. The van der Waals surface area contributed by atoms with Crippen molar-refractivity contribution in [2.45, 2.75) is 59.2 Å². The molecule has 0 N–H and O–H groups in total. The van der Waals surface area contributed by atoms with Crippen LogP contribution in [0.2, 0.25) is 0 Å². The molecule has 0 saturated carbocycles. The zero-order chi connectivity index (χ0) is 21.5. The van der Waals surface area contributed by atoms with Crippen LogP contribution in [-0.2, 0) is 32.8 Å². The van der Waals surface area contributed by atoms with Crippen LogP contribution in [0.25, 0.3) is 5.65 Å². The number of rotatable bonds is 6. The van der Waals surface area contributed by atoms with Crippen LogP contribution in [0.3, 0.4) is 0 Å². The maximum absolute atomic E-state index is 13.2. The lowest BCUT2D eigenvalue weighted by atomic mass is 9.93. The van der Waals surface area contributed by atoms with Crippen molar-refractivity contribution in [1.29, 1.82) is 0 Å². The van der Waals surface area contributed by atoms with Crippen LogP contribution < -0.4 is 5.56 Å². The zero-order valence-corrected chi connectivity index (χ0v) is 17.8. The fourth-order valence-electron chi connectivity index (χ4n) is 3.53. The lowest BCUT2D eigenvalue weighted by molar-refractivity contribution is -0.143. The number of esters is 1. The number of hydrogen-bond acceptors (Lipinski definition) is 6. The van der Waals surface area contributed by atoms with Crippen LogP contribution >= 0.6 is 0 Å². The van der Waals surface area contributed by atoms with E-state index in [0.717, 1.165) is 0 Å². The van der Waals surface area contributed by atoms with Crippen LogP contribution in [0.4, 0.5) is 0 Å². The van der Waals surface area contributed by atoms with Gasteiger partial charge in [-0.2, -0.15) is 9.61 Å². The Morgan fingerprint density at radius 2 is 2.00 bits per heavy atom. The van der Waals surface area contributed by atoms with Gasteiger partial charge in [-0.25, -0.2) is 0 Å². The van der Waals surface area contributed by atoms with E-state index in [9.17, 15) is 14.4 Å². The SMILES string of the molecule is CCOC(=O)Cn1c2c(c(=O)n3nc(C(C)(C)C)cc13)CN(C(C)COC)C2=O. The monoisotopic (exact) mass is 404 g/mol. The number of amides is 1. The summed E-state index contributed by atoms with van der Waals surface area (Å²) < 4.78 is 13.1. The average Bonchev–Trinajstić information content (AvgIpc) is 3.22. The van der Waals surface area contributed by atoms with Crippen molar-refractivity contribution in [3.63, 3.8) is 0 Å². The van der Waals surface area contributed by atoms with E-state index in [4.69, 9.17) is 9.47 Å². The molecule has 2 aromatic heterocycles. The summed E-state index contributed by atoms with van der Waals surface area (Å²) in [5.41, 5.74) is 1.02. The van der Waals surface area contributed by atoms with Crippen LogP contribution in [0, 0.1) is 0 Å². The lowest BCUT2D eigenvalue weighted by Gasteiger charge is -2.23. The summed E-state index contributed by atoms with van der Waals surface area (Å²) in [7, 11) is 1.56. The third-order valence-corrected chi connectivity index (χ3v) is 5.07. The van der Waals surface area contributed by atoms with Gasteiger partial charge in [0, 0.05) is 18.6 Å². The van der Waals surface area contributed by atoms with Crippen LogP contribution in [0.15, 0.2) is 10.9 Å². The second-order valence-corrected chi connectivity index (χ2v) is 8.31. The van der Waals surface area contributed by atoms with Crippen molar-refractivity contribution in [2.24, 2.45) is 0 Å². The summed E-state index contributed by atoms with van der Waals surface area (Å²) in [5.74, 6) is -0.776. The van der Waals surface area contributed by atoms with Gasteiger partial charge in [0.25, 0.3) is 11.5 Å². The first-order valence-electron chi connectivity index (χ1n) is 9.71. The molecule has 29 heavy (non-hydrogen) atoms. The third-order valence-electron chi connectivity index (χ3n) is 5.07. The highest BCUT2D eigenvalue weighted by Crippen LogP contribution is 2.27.